The van der Waals surface area contributed by atoms with Gasteiger partial charge in [0, 0.05) is 19.3 Å². The van der Waals surface area contributed by atoms with E-state index in [2.05, 4.69) is 0 Å². The Hall–Kier alpha value is -1.27. The van der Waals surface area contributed by atoms with Gasteiger partial charge in [-0.15, -0.1) is 0 Å². The molecule has 0 heterocycles. The lowest BCUT2D eigenvalue weighted by Gasteiger charge is -2.03. The maximum Gasteiger partial charge on any atom is 0.177 e. The molecule has 0 radical (unpaired) electrons. The van der Waals surface area contributed by atoms with Gasteiger partial charge in [0.2, 0.25) is 0 Å². The molecule has 18 heavy (non-hydrogen) atoms. The van der Waals surface area contributed by atoms with Crippen molar-refractivity contribution in [3.63, 3.8) is 0 Å². The van der Waals surface area contributed by atoms with E-state index in [0.29, 0.717) is 13.0 Å². The summed E-state index contributed by atoms with van der Waals surface area (Å²) in [5, 5.41) is 0. The molecular weight excluding hydrogens is 259 g/mol. The van der Waals surface area contributed by atoms with E-state index in [1.807, 2.05) is 0 Å². The molecule has 6 heteroatoms. The highest BCUT2D eigenvalue weighted by molar-refractivity contribution is 7.92. The van der Waals surface area contributed by atoms with Crippen molar-refractivity contribution >= 4 is 15.6 Å². The first kappa shape index (κ1) is 14.8. The fraction of sp³-hybridized carbons (Fsp3) is 0.417. The van der Waals surface area contributed by atoms with Crippen LogP contribution in [0.2, 0.25) is 0 Å². The van der Waals surface area contributed by atoms with Gasteiger partial charge in [0.15, 0.2) is 15.6 Å². The van der Waals surface area contributed by atoms with Crippen LogP contribution in [0.4, 0.5) is 4.39 Å². The molecular formula is C12H15FO4S. The molecule has 0 aliphatic rings. The van der Waals surface area contributed by atoms with E-state index in [1.165, 1.54) is 19.2 Å². The molecule has 1 aromatic rings. The van der Waals surface area contributed by atoms with Crippen molar-refractivity contribution < 1.29 is 22.3 Å². The van der Waals surface area contributed by atoms with E-state index < -0.39 is 27.2 Å². The molecule has 0 amide bonds. The second-order valence-corrected chi connectivity index (χ2v) is 6.05. The fourth-order valence-electron chi connectivity index (χ4n) is 1.41. The van der Waals surface area contributed by atoms with E-state index in [-0.39, 0.29) is 11.3 Å². The highest BCUT2D eigenvalue weighted by Crippen LogP contribution is 2.06. The molecule has 0 fully saturated rings. The minimum atomic E-state index is -3.43. The van der Waals surface area contributed by atoms with E-state index in [9.17, 15) is 17.6 Å². The predicted octanol–water partition coefficient (Wildman–Crippen LogP) is 1.46. The lowest BCUT2D eigenvalue weighted by molar-refractivity contribution is 0.102. The summed E-state index contributed by atoms with van der Waals surface area (Å²) in [5.74, 6) is -1.63. The highest BCUT2D eigenvalue weighted by Gasteiger charge is 2.17. The predicted molar refractivity (Wildman–Crippen MR) is 65.9 cm³/mol. The van der Waals surface area contributed by atoms with Gasteiger partial charge in [-0.2, -0.15) is 0 Å². The van der Waals surface area contributed by atoms with Gasteiger partial charge >= 0.3 is 0 Å². The molecule has 0 saturated heterocycles. The second kappa shape index (κ2) is 6.61. The molecule has 0 bridgehead atoms. The SMILES string of the molecule is COCCCS(=O)(=O)CC(=O)c1ccc(F)cc1. The fourth-order valence-corrected chi connectivity index (χ4v) is 2.68. The lowest BCUT2D eigenvalue weighted by Crippen LogP contribution is -2.19. The number of hydrogen-bond donors (Lipinski definition) is 0. The maximum atomic E-state index is 12.7. The monoisotopic (exact) mass is 274 g/mol. The van der Waals surface area contributed by atoms with Crippen LogP contribution in [0.25, 0.3) is 0 Å². The minimum Gasteiger partial charge on any atom is -0.385 e. The Balaban J connectivity index is 2.61. The molecule has 0 saturated carbocycles. The van der Waals surface area contributed by atoms with Crippen LogP contribution in [-0.2, 0) is 14.6 Å². The zero-order valence-corrected chi connectivity index (χ0v) is 10.9. The number of ether oxygens (including phenoxy) is 1. The van der Waals surface area contributed by atoms with Crippen LogP contribution in [0.5, 0.6) is 0 Å². The summed E-state index contributed by atoms with van der Waals surface area (Å²) < 4.78 is 40.6. The van der Waals surface area contributed by atoms with Gasteiger partial charge in [-0.1, -0.05) is 0 Å². The Morgan fingerprint density at radius 3 is 2.44 bits per heavy atom. The van der Waals surface area contributed by atoms with Crippen LogP contribution in [0.15, 0.2) is 24.3 Å². The van der Waals surface area contributed by atoms with Crippen molar-refractivity contribution in [3.8, 4) is 0 Å². The average Bonchev–Trinajstić information content (AvgIpc) is 2.29. The Bertz CT molecular complexity index is 493. The van der Waals surface area contributed by atoms with E-state index >= 15 is 0 Å². The van der Waals surface area contributed by atoms with Crippen LogP contribution in [0, 0.1) is 5.82 Å². The van der Waals surface area contributed by atoms with Crippen LogP contribution in [0.3, 0.4) is 0 Å². The Morgan fingerprint density at radius 2 is 1.89 bits per heavy atom. The molecule has 0 unspecified atom stereocenters. The second-order valence-electron chi connectivity index (χ2n) is 3.87. The Kier molecular flexibility index (Phi) is 5.43. The zero-order valence-electron chi connectivity index (χ0n) is 10.1. The first-order valence-corrected chi connectivity index (χ1v) is 7.25. The minimum absolute atomic E-state index is 0.0895. The van der Waals surface area contributed by atoms with Gasteiger partial charge in [-0.05, 0) is 30.7 Å². The number of ketones is 1. The third-order valence-electron chi connectivity index (χ3n) is 2.32. The number of rotatable bonds is 7. The number of carbonyl (C=O) groups excluding carboxylic acids is 1. The van der Waals surface area contributed by atoms with Crippen molar-refractivity contribution in [2.75, 3.05) is 25.2 Å². The normalized spacial score (nSPS) is 11.4. The third-order valence-corrected chi connectivity index (χ3v) is 3.93. The summed E-state index contributed by atoms with van der Waals surface area (Å²) in [6.45, 7) is 0.337. The smallest absolute Gasteiger partial charge is 0.177 e. The summed E-state index contributed by atoms with van der Waals surface area (Å²) in [6, 6.07) is 4.82. The lowest BCUT2D eigenvalue weighted by atomic mass is 10.1. The van der Waals surface area contributed by atoms with Gasteiger partial charge < -0.3 is 4.74 Å². The van der Waals surface area contributed by atoms with Crippen molar-refractivity contribution in [2.24, 2.45) is 0 Å². The van der Waals surface area contributed by atoms with Crippen molar-refractivity contribution in [3.05, 3.63) is 35.6 Å². The van der Waals surface area contributed by atoms with E-state index in [0.717, 1.165) is 12.1 Å². The highest BCUT2D eigenvalue weighted by atomic mass is 32.2. The molecule has 4 nitrogen and oxygen atoms in total. The molecule has 0 aliphatic heterocycles. The van der Waals surface area contributed by atoms with Crippen LogP contribution >= 0.6 is 0 Å². The number of Topliss-reactive ketones (excluding diaryl/α,β-unsaturated/α-hetero) is 1. The van der Waals surface area contributed by atoms with Crippen molar-refractivity contribution in [1.29, 1.82) is 0 Å². The number of halogens is 1. The summed E-state index contributed by atoms with van der Waals surface area (Å²) >= 11 is 0. The topological polar surface area (TPSA) is 60.4 Å². The van der Waals surface area contributed by atoms with Gasteiger partial charge in [0.05, 0.1) is 5.75 Å². The molecule has 0 N–H and O–H groups in total. The van der Waals surface area contributed by atoms with Gasteiger partial charge in [-0.25, -0.2) is 12.8 Å². The van der Waals surface area contributed by atoms with Crippen molar-refractivity contribution in [1.82, 2.24) is 0 Å². The largest absolute Gasteiger partial charge is 0.385 e. The number of methoxy groups -OCH3 is 1. The average molecular weight is 274 g/mol. The van der Waals surface area contributed by atoms with Crippen LogP contribution in [-0.4, -0.2) is 39.4 Å². The Labute approximate surface area is 106 Å². The number of sulfone groups is 1. The molecule has 0 aliphatic carbocycles. The third kappa shape index (κ3) is 4.93. The van der Waals surface area contributed by atoms with Crippen LogP contribution < -0.4 is 0 Å². The Morgan fingerprint density at radius 1 is 1.28 bits per heavy atom. The molecule has 1 aromatic carbocycles. The van der Waals surface area contributed by atoms with E-state index in [1.54, 1.807) is 0 Å². The molecule has 0 atom stereocenters. The zero-order chi connectivity index (χ0) is 13.6. The summed E-state index contributed by atoms with van der Waals surface area (Å²) in [6.07, 6.45) is 0.357. The first-order valence-electron chi connectivity index (χ1n) is 5.43. The number of hydrogen-bond acceptors (Lipinski definition) is 4. The maximum absolute atomic E-state index is 12.7. The molecule has 100 valence electrons. The number of benzene rings is 1. The quantitative estimate of drug-likeness (QED) is 0.558. The van der Waals surface area contributed by atoms with Gasteiger partial charge in [-0.3, -0.25) is 4.79 Å². The molecule has 0 spiro atoms. The summed E-state index contributed by atoms with van der Waals surface area (Å²) in [7, 11) is -1.95. The standard InChI is InChI=1S/C12H15FO4S/c1-17-7-2-8-18(15,16)9-12(14)10-3-5-11(13)6-4-10/h3-6H,2,7-9H2,1H3. The molecule has 1 rings (SSSR count). The van der Waals surface area contributed by atoms with Gasteiger partial charge in [0.1, 0.15) is 11.6 Å². The summed E-state index contributed by atoms with van der Waals surface area (Å²) in [4.78, 5) is 11.7. The first-order chi connectivity index (χ1) is 8.44. The van der Waals surface area contributed by atoms with Crippen LogP contribution in [0.1, 0.15) is 16.8 Å². The number of carbonyl (C=O) groups is 1. The molecule has 0 aromatic heterocycles. The summed E-state index contributed by atoms with van der Waals surface area (Å²) in [5.41, 5.74) is 0.201. The van der Waals surface area contributed by atoms with E-state index in [4.69, 9.17) is 4.74 Å². The van der Waals surface area contributed by atoms with Gasteiger partial charge in [0.25, 0.3) is 0 Å². The van der Waals surface area contributed by atoms with Crippen molar-refractivity contribution in [2.45, 2.75) is 6.42 Å².